The maximum Gasteiger partial charge on any atom is 0.241 e. The van der Waals surface area contributed by atoms with E-state index >= 15 is 0 Å². The van der Waals surface area contributed by atoms with Gasteiger partial charge < -0.3 is 20.3 Å². The first kappa shape index (κ1) is 19.2. The molecule has 0 aromatic heterocycles. The highest BCUT2D eigenvalue weighted by atomic mass is 16.5. The molecule has 0 spiro atoms. The van der Waals surface area contributed by atoms with Crippen LogP contribution >= 0.6 is 0 Å². The highest BCUT2D eigenvalue weighted by Gasteiger charge is 2.29. The number of ether oxygens (including phenoxy) is 1. The zero-order chi connectivity index (χ0) is 18.5. The van der Waals surface area contributed by atoms with Crippen molar-refractivity contribution < 1.29 is 9.53 Å². The number of amides is 1. The van der Waals surface area contributed by atoms with Crippen molar-refractivity contribution in [1.82, 2.24) is 5.32 Å². The molecule has 144 valence electrons. The van der Waals surface area contributed by atoms with Crippen molar-refractivity contribution >= 4 is 17.3 Å². The molecule has 1 saturated heterocycles. The van der Waals surface area contributed by atoms with Gasteiger partial charge in [-0.25, -0.2) is 0 Å². The van der Waals surface area contributed by atoms with Gasteiger partial charge in [-0.1, -0.05) is 26.7 Å². The molecule has 2 fully saturated rings. The number of hydrogen-bond donors (Lipinski definition) is 2. The van der Waals surface area contributed by atoms with Crippen LogP contribution < -0.4 is 15.5 Å². The Kier molecular flexibility index (Phi) is 6.54. The lowest BCUT2D eigenvalue weighted by atomic mass is 9.78. The summed E-state index contributed by atoms with van der Waals surface area (Å²) < 4.78 is 5.39. The first-order valence-corrected chi connectivity index (χ1v) is 10.0. The Bertz CT molecular complexity index is 583. The van der Waals surface area contributed by atoms with Crippen molar-refractivity contribution in [3.63, 3.8) is 0 Å². The smallest absolute Gasteiger partial charge is 0.241 e. The van der Waals surface area contributed by atoms with E-state index in [4.69, 9.17) is 4.74 Å². The van der Waals surface area contributed by atoms with Gasteiger partial charge >= 0.3 is 0 Å². The summed E-state index contributed by atoms with van der Waals surface area (Å²) in [5, 5.41) is 6.59. The third-order valence-corrected chi connectivity index (χ3v) is 6.08. The molecule has 0 radical (unpaired) electrons. The SMILES string of the molecule is C[C@@H]1[C@H](C)CCC[C@H]1N[C@@H](C)C(=O)Nc1ccc(N2CCOCC2)cc1. The maximum absolute atomic E-state index is 12.6. The summed E-state index contributed by atoms with van der Waals surface area (Å²) in [6.45, 7) is 9.98. The Morgan fingerprint density at radius 1 is 1.15 bits per heavy atom. The van der Waals surface area contributed by atoms with Crippen molar-refractivity contribution in [2.45, 2.75) is 52.1 Å². The topological polar surface area (TPSA) is 53.6 Å². The molecule has 3 rings (SSSR count). The number of hydrogen-bond acceptors (Lipinski definition) is 4. The average Bonchev–Trinajstić information content (AvgIpc) is 2.66. The van der Waals surface area contributed by atoms with E-state index in [0.717, 1.165) is 44.3 Å². The molecular formula is C21H33N3O2. The van der Waals surface area contributed by atoms with Gasteiger partial charge in [-0.3, -0.25) is 4.79 Å². The molecule has 2 aliphatic rings. The minimum absolute atomic E-state index is 0.0366. The Labute approximate surface area is 157 Å². The lowest BCUT2D eigenvalue weighted by Crippen LogP contribution is -2.49. The fraction of sp³-hybridized carbons (Fsp3) is 0.667. The normalized spacial score (nSPS) is 27.8. The number of benzene rings is 1. The number of rotatable bonds is 5. The fourth-order valence-corrected chi connectivity index (χ4v) is 4.04. The lowest BCUT2D eigenvalue weighted by Gasteiger charge is -2.36. The minimum atomic E-state index is -0.188. The molecule has 5 heteroatoms. The predicted molar refractivity (Wildman–Crippen MR) is 107 cm³/mol. The van der Waals surface area contributed by atoms with Crippen LogP contribution in [-0.2, 0) is 9.53 Å². The summed E-state index contributed by atoms with van der Waals surface area (Å²) in [5.41, 5.74) is 2.04. The molecule has 4 atom stereocenters. The van der Waals surface area contributed by atoms with Gasteiger partial charge in [-0.05, 0) is 49.4 Å². The number of carbonyl (C=O) groups excluding carboxylic acids is 1. The first-order chi connectivity index (χ1) is 12.5. The van der Waals surface area contributed by atoms with Crippen LogP contribution in [0.5, 0.6) is 0 Å². The van der Waals surface area contributed by atoms with Crippen LogP contribution in [0, 0.1) is 11.8 Å². The molecule has 2 N–H and O–H groups in total. The number of morpholine rings is 1. The van der Waals surface area contributed by atoms with E-state index in [0.29, 0.717) is 12.0 Å². The van der Waals surface area contributed by atoms with Gasteiger partial charge in [-0.2, -0.15) is 0 Å². The molecule has 0 unspecified atom stereocenters. The maximum atomic E-state index is 12.6. The largest absolute Gasteiger partial charge is 0.378 e. The van der Waals surface area contributed by atoms with Crippen LogP contribution in [0.1, 0.15) is 40.0 Å². The van der Waals surface area contributed by atoms with E-state index in [1.54, 1.807) is 0 Å². The van der Waals surface area contributed by atoms with E-state index in [2.05, 4.69) is 41.5 Å². The Balaban J connectivity index is 1.52. The van der Waals surface area contributed by atoms with Gasteiger partial charge in [0.05, 0.1) is 19.3 Å². The second-order valence-corrected chi connectivity index (χ2v) is 7.90. The zero-order valence-corrected chi connectivity index (χ0v) is 16.3. The van der Waals surface area contributed by atoms with Crippen molar-refractivity contribution in [3.05, 3.63) is 24.3 Å². The predicted octanol–water partition coefficient (Wildman–Crippen LogP) is 3.26. The third-order valence-electron chi connectivity index (χ3n) is 6.08. The quantitative estimate of drug-likeness (QED) is 0.847. The van der Waals surface area contributed by atoms with E-state index < -0.39 is 0 Å². The van der Waals surface area contributed by atoms with Crippen molar-refractivity contribution in [2.24, 2.45) is 11.8 Å². The van der Waals surface area contributed by atoms with E-state index in [-0.39, 0.29) is 11.9 Å². The van der Waals surface area contributed by atoms with Gasteiger partial charge in [0.25, 0.3) is 0 Å². The second kappa shape index (κ2) is 8.87. The standard InChI is InChI=1S/C21H33N3O2/c1-15-5-4-6-20(16(15)2)22-17(3)21(25)23-18-7-9-19(10-8-18)24-11-13-26-14-12-24/h7-10,15-17,20,22H,4-6,11-14H2,1-3H3,(H,23,25)/t15-,16-,17+,20-/m1/s1. The van der Waals surface area contributed by atoms with Gasteiger partial charge in [0.2, 0.25) is 5.91 Å². The number of carbonyl (C=O) groups is 1. The fourth-order valence-electron chi connectivity index (χ4n) is 4.04. The van der Waals surface area contributed by atoms with Crippen molar-refractivity contribution in [1.29, 1.82) is 0 Å². The number of nitrogens with zero attached hydrogens (tertiary/aromatic N) is 1. The van der Waals surface area contributed by atoms with Gasteiger partial charge in [0.1, 0.15) is 0 Å². The molecule has 5 nitrogen and oxygen atoms in total. The van der Waals surface area contributed by atoms with Crippen LogP contribution in [0.15, 0.2) is 24.3 Å². The average molecular weight is 360 g/mol. The monoisotopic (exact) mass is 359 g/mol. The molecule has 1 aliphatic carbocycles. The van der Waals surface area contributed by atoms with E-state index in [1.807, 2.05) is 19.1 Å². The van der Waals surface area contributed by atoms with E-state index in [9.17, 15) is 4.79 Å². The van der Waals surface area contributed by atoms with Crippen LogP contribution in [0.3, 0.4) is 0 Å². The summed E-state index contributed by atoms with van der Waals surface area (Å²) in [7, 11) is 0. The molecule has 26 heavy (non-hydrogen) atoms. The van der Waals surface area contributed by atoms with Gasteiger partial charge in [-0.15, -0.1) is 0 Å². The number of anilines is 2. The lowest BCUT2D eigenvalue weighted by molar-refractivity contribution is -0.118. The molecule has 1 heterocycles. The third kappa shape index (κ3) is 4.77. The highest BCUT2D eigenvalue weighted by molar-refractivity contribution is 5.94. The highest BCUT2D eigenvalue weighted by Crippen LogP contribution is 2.29. The van der Waals surface area contributed by atoms with Crippen molar-refractivity contribution in [3.8, 4) is 0 Å². The molecule has 1 amide bonds. The summed E-state index contributed by atoms with van der Waals surface area (Å²) in [4.78, 5) is 14.9. The zero-order valence-electron chi connectivity index (χ0n) is 16.3. The molecule has 1 aromatic carbocycles. The van der Waals surface area contributed by atoms with Crippen LogP contribution in [0.25, 0.3) is 0 Å². The van der Waals surface area contributed by atoms with Gasteiger partial charge in [0, 0.05) is 30.5 Å². The molecule has 0 bridgehead atoms. The first-order valence-electron chi connectivity index (χ1n) is 10.0. The van der Waals surface area contributed by atoms with Crippen LogP contribution in [0.2, 0.25) is 0 Å². The van der Waals surface area contributed by atoms with Crippen molar-refractivity contribution in [2.75, 3.05) is 36.5 Å². The Morgan fingerprint density at radius 2 is 1.85 bits per heavy atom. The second-order valence-electron chi connectivity index (χ2n) is 7.90. The summed E-state index contributed by atoms with van der Waals surface area (Å²) >= 11 is 0. The summed E-state index contributed by atoms with van der Waals surface area (Å²) in [6.07, 6.45) is 3.72. The van der Waals surface area contributed by atoms with Crippen LogP contribution in [0.4, 0.5) is 11.4 Å². The summed E-state index contributed by atoms with van der Waals surface area (Å²) in [5.74, 6) is 1.38. The molecule has 1 aliphatic heterocycles. The molecule has 1 saturated carbocycles. The minimum Gasteiger partial charge on any atom is -0.378 e. The van der Waals surface area contributed by atoms with E-state index in [1.165, 1.54) is 18.5 Å². The van der Waals surface area contributed by atoms with Crippen LogP contribution in [-0.4, -0.2) is 44.3 Å². The molecular weight excluding hydrogens is 326 g/mol. The Morgan fingerprint density at radius 3 is 2.54 bits per heavy atom. The Hall–Kier alpha value is -1.59. The number of nitrogens with one attached hydrogen (secondary N) is 2. The molecule has 1 aromatic rings. The van der Waals surface area contributed by atoms with Gasteiger partial charge in [0.15, 0.2) is 0 Å². The summed E-state index contributed by atoms with van der Waals surface area (Å²) in [6, 6.07) is 8.37.